The molecule has 0 fully saturated rings. The van der Waals surface area contributed by atoms with Crippen molar-refractivity contribution in [1.29, 1.82) is 0 Å². The number of benzene rings is 2. The lowest BCUT2D eigenvalue weighted by molar-refractivity contribution is 0.0954. The Balaban J connectivity index is 1.92. The monoisotopic (exact) mass is 307 g/mol. The molecular weight excluding hydrogens is 294 g/mol. The molecule has 3 aromatic rings. The zero-order valence-corrected chi connectivity index (χ0v) is 12.6. The molecule has 2 aromatic carbocycles. The fraction of sp³-hybridized carbons (Fsp3) is 0.105. The lowest BCUT2D eigenvalue weighted by Crippen LogP contribution is -2.15. The number of Topliss-reactive ketones (excluding diaryl/α,β-unsaturated/α-hetero) is 1. The van der Waals surface area contributed by atoms with Crippen molar-refractivity contribution < 1.29 is 4.79 Å². The Morgan fingerprint density at radius 1 is 1.00 bits per heavy atom. The van der Waals surface area contributed by atoms with Gasteiger partial charge in [-0.3, -0.25) is 4.79 Å². The highest BCUT2D eigenvalue weighted by Gasteiger charge is 2.29. The molecule has 4 rings (SSSR count). The molecule has 1 aliphatic heterocycles. The first kappa shape index (κ1) is 13.4. The number of rotatable bonds is 1. The van der Waals surface area contributed by atoms with Crippen LogP contribution in [-0.2, 0) is 6.42 Å². The zero-order valence-electron chi connectivity index (χ0n) is 11.9. The minimum absolute atomic E-state index is 0.142. The smallest absolute Gasteiger partial charge is 0.187 e. The van der Waals surface area contributed by atoms with E-state index in [0.29, 0.717) is 11.4 Å². The van der Waals surface area contributed by atoms with Gasteiger partial charge in [0.05, 0.1) is 11.6 Å². The van der Waals surface area contributed by atoms with Crippen LogP contribution in [0.5, 0.6) is 0 Å². The molecule has 1 unspecified atom stereocenters. The summed E-state index contributed by atoms with van der Waals surface area (Å²) in [5.74, 6) is -0.0560. The number of ketones is 1. The third kappa shape index (κ3) is 2.08. The van der Waals surface area contributed by atoms with E-state index in [0.717, 1.165) is 16.9 Å². The van der Waals surface area contributed by atoms with Crippen LogP contribution in [0.4, 0.5) is 0 Å². The van der Waals surface area contributed by atoms with Gasteiger partial charge in [-0.25, -0.2) is 0 Å². The van der Waals surface area contributed by atoms with Gasteiger partial charge in [-0.2, -0.15) is 0 Å². The van der Waals surface area contributed by atoms with Crippen molar-refractivity contribution in [2.24, 2.45) is 0 Å². The van der Waals surface area contributed by atoms with Crippen LogP contribution in [0.3, 0.4) is 0 Å². The van der Waals surface area contributed by atoms with E-state index in [2.05, 4.69) is 12.1 Å². The fourth-order valence-corrected chi connectivity index (χ4v) is 3.39. The highest BCUT2D eigenvalue weighted by molar-refractivity contribution is 6.30. The van der Waals surface area contributed by atoms with Gasteiger partial charge in [-0.05, 0) is 47.9 Å². The van der Waals surface area contributed by atoms with Crippen LogP contribution in [0.1, 0.15) is 27.5 Å². The van der Waals surface area contributed by atoms with Gasteiger partial charge in [0.2, 0.25) is 0 Å². The molecule has 1 aliphatic rings. The van der Waals surface area contributed by atoms with E-state index in [4.69, 9.17) is 11.6 Å². The Labute approximate surface area is 134 Å². The van der Waals surface area contributed by atoms with E-state index in [1.54, 1.807) is 0 Å². The predicted octanol–water partition coefficient (Wildman–Crippen LogP) is 4.65. The van der Waals surface area contributed by atoms with Gasteiger partial charge in [0, 0.05) is 16.9 Å². The summed E-state index contributed by atoms with van der Waals surface area (Å²) < 4.78 is 1.99. The molecule has 3 heteroatoms. The molecule has 2 heterocycles. The van der Waals surface area contributed by atoms with E-state index in [1.165, 1.54) is 5.56 Å². The van der Waals surface area contributed by atoms with Crippen molar-refractivity contribution in [3.63, 3.8) is 0 Å². The number of carbonyl (C=O) groups is 1. The number of halogens is 1. The maximum absolute atomic E-state index is 13.0. The SMILES string of the molecule is O=C1c2cccn2-c2ccccc2CC1c1cccc(Cl)c1. The number of hydrogen-bond donors (Lipinski definition) is 0. The summed E-state index contributed by atoms with van der Waals surface area (Å²) in [6.07, 6.45) is 2.64. The molecule has 0 radical (unpaired) electrons. The quantitative estimate of drug-likeness (QED) is 0.641. The molecular formula is C19H14ClNO. The molecule has 1 atom stereocenters. The zero-order chi connectivity index (χ0) is 15.1. The summed E-state index contributed by atoms with van der Waals surface area (Å²) >= 11 is 6.12. The van der Waals surface area contributed by atoms with Crippen molar-refractivity contribution >= 4 is 17.4 Å². The van der Waals surface area contributed by atoms with Gasteiger partial charge in [-0.15, -0.1) is 0 Å². The lowest BCUT2D eigenvalue weighted by atomic mass is 9.88. The summed E-state index contributed by atoms with van der Waals surface area (Å²) in [4.78, 5) is 13.0. The Kier molecular flexibility index (Phi) is 3.12. The molecule has 0 saturated heterocycles. The maximum Gasteiger partial charge on any atom is 0.187 e. The molecule has 0 bridgehead atoms. The minimum atomic E-state index is -0.198. The van der Waals surface area contributed by atoms with Crippen LogP contribution >= 0.6 is 11.6 Å². The highest BCUT2D eigenvalue weighted by atomic mass is 35.5. The van der Waals surface area contributed by atoms with E-state index in [1.807, 2.05) is 59.3 Å². The van der Waals surface area contributed by atoms with Crippen LogP contribution in [0.25, 0.3) is 5.69 Å². The average molecular weight is 308 g/mol. The van der Waals surface area contributed by atoms with Gasteiger partial charge in [-0.1, -0.05) is 41.9 Å². The molecule has 1 aromatic heterocycles. The second kappa shape index (κ2) is 5.15. The van der Waals surface area contributed by atoms with Crippen molar-refractivity contribution in [3.05, 3.63) is 88.7 Å². The number of para-hydroxylation sites is 1. The minimum Gasteiger partial charge on any atom is -0.314 e. The Morgan fingerprint density at radius 2 is 1.86 bits per heavy atom. The van der Waals surface area contributed by atoms with Gasteiger partial charge in [0.25, 0.3) is 0 Å². The topological polar surface area (TPSA) is 22.0 Å². The maximum atomic E-state index is 13.0. The molecule has 108 valence electrons. The molecule has 2 nitrogen and oxygen atoms in total. The fourth-order valence-electron chi connectivity index (χ4n) is 3.19. The number of aromatic nitrogens is 1. The van der Waals surface area contributed by atoms with E-state index < -0.39 is 0 Å². The first-order valence-electron chi connectivity index (χ1n) is 7.29. The third-order valence-electron chi connectivity index (χ3n) is 4.24. The summed E-state index contributed by atoms with van der Waals surface area (Å²) in [5, 5.41) is 0.665. The average Bonchev–Trinajstić information content (AvgIpc) is 2.98. The van der Waals surface area contributed by atoms with E-state index in [9.17, 15) is 4.79 Å². The summed E-state index contributed by atoms with van der Waals surface area (Å²) in [5.41, 5.74) is 3.97. The number of fused-ring (bicyclic) bond motifs is 3. The van der Waals surface area contributed by atoms with Crippen LogP contribution in [0.15, 0.2) is 66.9 Å². The molecule has 0 N–H and O–H groups in total. The van der Waals surface area contributed by atoms with E-state index >= 15 is 0 Å². The number of hydrogen-bond acceptors (Lipinski definition) is 1. The normalized spacial score (nSPS) is 16.8. The number of carbonyl (C=O) groups excluding carboxylic acids is 1. The Morgan fingerprint density at radius 3 is 2.73 bits per heavy atom. The summed E-state index contributed by atoms with van der Waals surface area (Å²) in [7, 11) is 0. The van der Waals surface area contributed by atoms with Crippen LogP contribution in [-0.4, -0.2) is 10.4 Å². The van der Waals surface area contributed by atoms with Gasteiger partial charge < -0.3 is 4.57 Å². The van der Waals surface area contributed by atoms with Gasteiger partial charge in [0.1, 0.15) is 0 Å². The second-order valence-corrected chi connectivity index (χ2v) is 6.00. The Bertz CT molecular complexity index is 865. The third-order valence-corrected chi connectivity index (χ3v) is 4.48. The van der Waals surface area contributed by atoms with Crippen molar-refractivity contribution in [1.82, 2.24) is 4.57 Å². The van der Waals surface area contributed by atoms with E-state index in [-0.39, 0.29) is 11.7 Å². The molecule has 0 saturated carbocycles. The van der Waals surface area contributed by atoms with Gasteiger partial charge in [0.15, 0.2) is 5.78 Å². The molecule has 0 aliphatic carbocycles. The second-order valence-electron chi connectivity index (χ2n) is 5.57. The van der Waals surface area contributed by atoms with Crippen LogP contribution in [0.2, 0.25) is 5.02 Å². The van der Waals surface area contributed by atoms with Crippen LogP contribution in [0, 0.1) is 0 Å². The summed E-state index contributed by atoms with van der Waals surface area (Å²) in [6, 6.07) is 19.6. The van der Waals surface area contributed by atoms with Crippen LogP contribution < -0.4 is 0 Å². The number of nitrogens with zero attached hydrogens (tertiary/aromatic N) is 1. The first-order chi connectivity index (χ1) is 10.7. The van der Waals surface area contributed by atoms with Crippen molar-refractivity contribution in [2.75, 3.05) is 0 Å². The largest absolute Gasteiger partial charge is 0.314 e. The molecule has 22 heavy (non-hydrogen) atoms. The highest BCUT2D eigenvalue weighted by Crippen LogP contribution is 2.33. The van der Waals surface area contributed by atoms with Gasteiger partial charge >= 0.3 is 0 Å². The van der Waals surface area contributed by atoms with Crippen molar-refractivity contribution in [3.8, 4) is 5.69 Å². The Hall–Kier alpha value is -2.32. The summed E-state index contributed by atoms with van der Waals surface area (Å²) in [6.45, 7) is 0. The predicted molar refractivity (Wildman–Crippen MR) is 88.0 cm³/mol. The first-order valence-corrected chi connectivity index (χ1v) is 7.67. The molecule has 0 spiro atoms. The lowest BCUT2D eigenvalue weighted by Gasteiger charge is -2.14. The van der Waals surface area contributed by atoms with Crippen molar-refractivity contribution in [2.45, 2.75) is 12.3 Å². The molecule has 0 amide bonds. The standard InChI is InChI=1S/C19H14ClNO/c20-15-7-3-6-13(11-15)16-12-14-5-1-2-8-17(14)21-10-4-9-18(21)19(16)22/h1-11,16H,12H2.